The molecular formula is C18H30O17. The molecule has 17 nitrogen and oxygen atoms in total. The SMILES string of the molecule is O=C(O)[C@H]1OC(O)[C@H](O)[C@@H](O)[C@@H]1O[C@H]1O[C@H](CO)[C@@H](O[C@H]2O[C@H](CO)[C@@H](O)[C@H](O)[C@H]2O)[C@H](O)[C@H]1O. The van der Waals surface area contributed by atoms with Crippen LogP contribution in [0, 0.1) is 0 Å². The number of aliphatic hydroxyl groups excluding tert-OH is 10. The molecule has 0 saturated carbocycles. The predicted molar refractivity (Wildman–Crippen MR) is 102 cm³/mol. The Morgan fingerprint density at radius 2 is 1.09 bits per heavy atom. The Bertz CT molecular complexity index is 707. The second-order valence-corrected chi connectivity index (χ2v) is 8.37. The molecule has 17 heteroatoms. The van der Waals surface area contributed by atoms with E-state index in [2.05, 4.69) is 0 Å². The van der Waals surface area contributed by atoms with E-state index in [-0.39, 0.29) is 0 Å². The molecule has 35 heavy (non-hydrogen) atoms. The van der Waals surface area contributed by atoms with Gasteiger partial charge in [-0.2, -0.15) is 0 Å². The Hall–Kier alpha value is -1.13. The van der Waals surface area contributed by atoms with Crippen LogP contribution in [0.2, 0.25) is 0 Å². The fourth-order valence-corrected chi connectivity index (χ4v) is 4.02. The van der Waals surface area contributed by atoms with Crippen molar-refractivity contribution in [2.75, 3.05) is 13.2 Å². The number of carboxylic acid groups (broad SMARTS) is 1. The molecule has 0 radical (unpaired) electrons. The lowest BCUT2D eigenvalue weighted by Gasteiger charge is -2.47. The van der Waals surface area contributed by atoms with Crippen LogP contribution in [-0.2, 0) is 28.5 Å². The van der Waals surface area contributed by atoms with Crippen molar-refractivity contribution in [3.63, 3.8) is 0 Å². The topological polar surface area (TPSA) is 286 Å². The minimum atomic E-state index is -2.06. The maximum atomic E-state index is 11.5. The quantitative estimate of drug-likeness (QED) is 0.149. The number of hydrogen-bond acceptors (Lipinski definition) is 16. The van der Waals surface area contributed by atoms with Crippen LogP contribution >= 0.6 is 0 Å². The summed E-state index contributed by atoms with van der Waals surface area (Å²) in [5.74, 6) is -1.70. The van der Waals surface area contributed by atoms with Gasteiger partial charge in [0.25, 0.3) is 0 Å². The molecule has 3 rings (SSSR count). The van der Waals surface area contributed by atoms with E-state index in [1.807, 2.05) is 0 Å². The van der Waals surface area contributed by atoms with Gasteiger partial charge in [-0.3, -0.25) is 0 Å². The molecule has 3 saturated heterocycles. The molecule has 0 aromatic heterocycles. The second kappa shape index (κ2) is 11.5. The molecule has 0 spiro atoms. The molecule has 0 amide bonds. The average molecular weight is 518 g/mol. The van der Waals surface area contributed by atoms with Gasteiger partial charge in [0.2, 0.25) is 0 Å². The molecule has 204 valence electrons. The normalized spacial score (nSPS) is 51.2. The summed E-state index contributed by atoms with van der Waals surface area (Å²) in [5, 5.41) is 109. The number of aliphatic hydroxyl groups is 10. The van der Waals surface area contributed by atoms with E-state index in [1.165, 1.54) is 0 Å². The van der Waals surface area contributed by atoms with Gasteiger partial charge in [-0.05, 0) is 0 Å². The van der Waals surface area contributed by atoms with E-state index >= 15 is 0 Å². The van der Waals surface area contributed by atoms with Crippen LogP contribution in [0.1, 0.15) is 0 Å². The van der Waals surface area contributed by atoms with Crippen LogP contribution in [0.4, 0.5) is 0 Å². The Kier molecular flexibility index (Phi) is 9.35. The number of carboxylic acids is 1. The number of hydrogen-bond donors (Lipinski definition) is 11. The van der Waals surface area contributed by atoms with Crippen molar-refractivity contribution < 1.29 is 84.7 Å². The summed E-state index contributed by atoms with van der Waals surface area (Å²) in [5.41, 5.74) is 0. The van der Waals surface area contributed by atoms with Crippen molar-refractivity contribution in [1.29, 1.82) is 0 Å². The van der Waals surface area contributed by atoms with Crippen molar-refractivity contribution >= 4 is 5.97 Å². The number of ether oxygens (including phenoxy) is 5. The van der Waals surface area contributed by atoms with Gasteiger partial charge in [-0.1, -0.05) is 0 Å². The number of rotatable bonds is 7. The molecule has 0 bridgehead atoms. The van der Waals surface area contributed by atoms with Crippen LogP contribution in [0.15, 0.2) is 0 Å². The molecule has 1 unspecified atom stereocenters. The van der Waals surface area contributed by atoms with Gasteiger partial charge in [0.15, 0.2) is 25.0 Å². The van der Waals surface area contributed by atoms with E-state index in [4.69, 9.17) is 23.7 Å². The van der Waals surface area contributed by atoms with Crippen molar-refractivity contribution in [3.05, 3.63) is 0 Å². The molecular weight excluding hydrogens is 488 g/mol. The lowest BCUT2D eigenvalue weighted by Crippen LogP contribution is -2.66. The molecule has 0 aromatic carbocycles. The van der Waals surface area contributed by atoms with Crippen molar-refractivity contribution in [2.24, 2.45) is 0 Å². The fraction of sp³-hybridized carbons (Fsp3) is 0.944. The van der Waals surface area contributed by atoms with Crippen molar-refractivity contribution in [3.8, 4) is 0 Å². The van der Waals surface area contributed by atoms with Gasteiger partial charge in [0, 0.05) is 0 Å². The zero-order chi connectivity index (χ0) is 26.2. The third-order valence-corrected chi connectivity index (χ3v) is 6.06. The van der Waals surface area contributed by atoms with Gasteiger partial charge < -0.3 is 79.9 Å². The summed E-state index contributed by atoms with van der Waals surface area (Å²) in [6.07, 6.45) is -27.6. The van der Waals surface area contributed by atoms with E-state index in [1.54, 1.807) is 0 Å². The summed E-state index contributed by atoms with van der Waals surface area (Å²) in [6.45, 7) is -1.66. The third-order valence-electron chi connectivity index (χ3n) is 6.06. The minimum absolute atomic E-state index is 0.770. The highest BCUT2D eigenvalue weighted by Gasteiger charge is 2.54. The summed E-state index contributed by atoms with van der Waals surface area (Å²) in [4.78, 5) is 11.5. The Balaban J connectivity index is 1.74. The van der Waals surface area contributed by atoms with Crippen molar-refractivity contribution in [2.45, 2.75) is 92.1 Å². The average Bonchev–Trinajstić information content (AvgIpc) is 2.83. The highest BCUT2D eigenvalue weighted by Crippen LogP contribution is 2.32. The highest BCUT2D eigenvalue weighted by atomic mass is 16.8. The van der Waals surface area contributed by atoms with Gasteiger partial charge in [0.05, 0.1) is 13.2 Å². The molecule has 3 aliphatic rings. The van der Waals surface area contributed by atoms with Crippen LogP contribution in [0.3, 0.4) is 0 Å². The zero-order valence-corrected chi connectivity index (χ0v) is 17.9. The maximum absolute atomic E-state index is 11.5. The van der Waals surface area contributed by atoms with E-state index in [0.717, 1.165) is 0 Å². The molecule has 15 atom stereocenters. The molecule has 0 aromatic rings. The molecule has 11 N–H and O–H groups in total. The summed E-state index contributed by atoms with van der Waals surface area (Å²) in [7, 11) is 0. The smallest absolute Gasteiger partial charge is 0.335 e. The number of aliphatic carboxylic acids is 1. The van der Waals surface area contributed by atoms with Crippen LogP contribution in [0.5, 0.6) is 0 Å². The molecule has 3 heterocycles. The summed E-state index contributed by atoms with van der Waals surface area (Å²) >= 11 is 0. The van der Waals surface area contributed by atoms with Crippen LogP contribution < -0.4 is 0 Å². The largest absolute Gasteiger partial charge is 0.479 e. The summed E-state index contributed by atoms with van der Waals surface area (Å²) in [6, 6.07) is 0. The number of carbonyl (C=O) groups is 1. The molecule has 0 aliphatic carbocycles. The first-order valence-electron chi connectivity index (χ1n) is 10.6. The standard InChI is InChI=1S/C18H30O17/c19-1-3-5(21)6(22)10(26)17(31-3)34-12-4(2-20)32-18(11(27)8(12)24)35-13-7(23)9(25)16(30)33-14(13)15(28)29/h3-14,16-27,30H,1-2H2,(H,28,29)/t3-,4-,5-,6+,7-,8-,9-,10-,11-,12-,13+,14+,16?,17-,18-/m1/s1. The lowest BCUT2D eigenvalue weighted by molar-refractivity contribution is -0.375. The Morgan fingerprint density at radius 3 is 1.63 bits per heavy atom. The zero-order valence-electron chi connectivity index (χ0n) is 17.9. The lowest BCUT2D eigenvalue weighted by atomic mass is 9.96. The van der Waals surface area contributed by atoms with E-state index in [0.29, 0.717) is 0 Å². The summed E-state index contributed by atoms with van der Waals surface area (Å²) < 4.78 is 25.9. The monoisotopic (exact) mass is 518 g/mol. The van der Waals surface area contributed by atoms with E-state index in [9.17, 15) is 61.0 Å². The second-order valence-electron chi connectivity index (χ2n) is 8.37. The fourth-order valence-electron chi connectivity index (χ4n) is 4.02. The highest BCUT2D eigenvalue weighted by molar-refractivity contribution is 5.73. The van der Waals surface area contributed by atoms with Crippen LogP contribution in [0.25, 0.3) is 0 Å². The van der Waals surface area contributed by atoms with Crippen LogP contribution in [-0.4, -0.2) is 167 Å². The van der Waals surface area contributed by atoms with E-state index < -0.39 is 111 Å². The third kappa shape index (κ3) is 5.59. The Labute approximate surface area is 196 Å². The minimum Gasteiger partial charge on any atom is -0.479 e. The Morgan fingerprint density at radius 1 is 0.600 bits per heavy atom. The predicted octanol–water partition coefficient (Wildman–Crippen LogP) is -7.48. The first-order chi connectivity index (χ1) is 16.4. The van der Waals surface area contributed by atoms with Gasteiger partial charge in [-0.25, -0.2) is 4.79 Å². The van der Waals surface area contributed by atoms with Gasteiger partial charge in [0.1, 0.15) is 67.1 Å². The first-order valence-corrected chi connectivity index (χ1v) is 10.6. The molecule has 3 fully saturated rings. The first kappa shape index (κ1) is 28.4. The van der Waals surface area contributed by atoms with Crippen molar-refractivity contribution in [1.82, 2.24) is 0 Å². The van der Waals surface area contributed by atoms with Gasteiger partial charge in [-0.15, -0.1) is 0 Å². The molecule has 3 aliphatic heterocycles. The maximum Gasteiger partial charge on any atom is 0.335 e. The van der Waals surface area contributed by atoms with Gasteiger partial charge >= 0.3 is 5.97 Å².